The van der Waals surface area contributed by atoms with E-state index in [0.29, 0.717) is 11.8 Å². The normalized spacial score (nSPS) is 25.4. The van der Waals surface area contributed by atoms with Crippen LogP contribution in [0.4, 0.5) is 0 Å². The molecule has 1 fully saturated rings. The Kier molecular flexibility index (Phi) is 2.59. The minimum atomic E-state index is 0.416. The van der Waals surface area contributed by atoms with Crippen molar-refractivity contribution in [3.8, 4) is 6.07 Å². The van der Waals surface area contributed by atoms with Gasteiger partial charge in [0.05, 0.1) is 11.6 Å². The second-order valence-corrected chi connectivity index (χ2v) is 5.54. The predicted molar refractivity (Wildman–Crippen MR) is 73.4 cm³/mol. The average molecular weight is 235 g/mol. The molecule has 0 heterocycles. The van der Waals surface area contributed by atoms with Crippen molar-refractivity contribution in [3.05, 3.63) is 58.2 Å². The SMILES string of the molecule is CC1C=C2CC(=CC(C)c3cc(C#N)ccc31)C2. The summed E-state index contributed by atoms with van der Waals surface area (Å²) in [4.78, 5) is 0. The van der Waals surface area contributed by atoms with E-state index in [-0.39, 0.29) is 0 Å². The molecule has 0 aliphatic heterocycles. The Morgan fingerprint density at radius 1 is 1.00 bits per heavy atom. The topological polar surface area (TPSA) is 23.8 Å². The molecule has 0 N–H and O–H groups in total. The van der Waals surface area contributed by atoms with Gasteiger partial charge in [0, 0.05) is 0 Å². The maximum absolute atomic E-state index is 9.06. The zero-order valence-corrected chi connectivity index (χ0v) is 10.9. The number of rotatable bonds is 0. The van der Waals surface area contributed by atoms with E-state index < -0.39 is 0 Å². The molecule has 1 nitrogen and oxygen atoms in total. The molecule has 90 valence electrons. The Morgan fingerprint density at radius 3 is 2.22 bits per heavy atom. The first kappa shape index (κ1) is 11.3. The molecular weight excluding hydrogens is 218 g/mol. The van der Waals surface area contributed by atoms with E-state index in [9.17, 15) is 0 Å². The summed E-state index contributed by atoms with van der Waals surface area (Å²) in [6.07, 6.45) is 7.11. The molecule has 1 heteroatoms. The van der Waals surface area contributed by atoms with Crippen LogP contribution >= 0.6 is 0 Å². The highest BCUT2D eigenvalue weighted by Crippen LogP contribution is 2.40. The van der Waals surface area contributed by atoms with Crippen LogP contribution in [0.5, 0.6) is 0 Å². The van der Waals surface area contributed by atoms with E-state index in [4.69, 9.17) is 5.26 Å². The summed E-state index contributed by atoms with van der Waals surface area (Å²) in [6.45, 7) is 4.50. The van der Waals surface area contributed by atoms with Crippen molar-refractivity contribution in [3.63, 3.8) is 0 Å². The van der Waals surface area contributed by atoms with E-state index >= 15 is 0 Å². The van der Waals surface area contributed by atoms with E-state index in [0.717, 1.165) is 18.4 Å². The lowest BCUT2D eigenvalue weighted by molar-refractivity contribution is 0.818. The molecule has 18 heavy (non-hydrogen) atoms. The van der Waals surface area contributed by atoms with Crippen molar-refractivity contribution in [2.75, 3.05) is 0 Å². The van der Waals surface area contributed by atoms with Crippen LogP contribution < -0.4 is 0 Å². The summed E-state index contributed by atoms with van der Waals surface area (Å²) in [5.74, 6) is 0.872. The lowest BCUT2D eigenvalue weighted by atomic mass is 9.83. The zero-order valence-electron chi connectivity index (χ0n) is 10.9. The van der Waals surface area contributed by atoms with Gasteiger partial charge in [0.1, 0.15) is 0 Å². The smallest absolute Gasteiger partial charge is 0.0991 e. The Bertz CT molecular complexity index is 589. The van der Waals surface area contributed by atoms with Gasteiger partial charge in [0.2, 0.25) is 0 Å². The van der Waals surface area contributed by atoms with Gasteiger partial charge >= 0.3 is 0 Å². The summed E-state index contributed by atoms with van der Waals surface area (Å²) >= 11 is 0. The third-order valence-corrected chi connectivity index (χ3v) is 4.08. The maximum atomic E-state index is 9.06. The van der Waals surface area contributed by atoms with Gasteiger partial charge in [-0.3, -0.25) is 0 Å². The molecule has 0 radical (unpaired) electrons. The van der Waals surface area contributed by atoms with Crippen LogP contribution in [0.15, 0.2) is 41.5 Å². The standard InChI is InChI=1S/C17H17N/c1-11-5-14-7-15(8-14)6-12(2)17-9-13(10-18)3-4-16(11)17/h3-6,9,11-12H,7-8H2,1-2H3. The number of allylic oxidation sites excluding steroid dienone is 4. The van der Waals surface area contributed by atoms with Crippen LogP contribution in [-0.4, -0.2) is 0 Å². The molecular formula is C17H17N. The van der Waals surface area contributed by atoms with E-state index in [1.54, 1.807) is 11.1 Å². The van der Waals surface area contributed by atoms with Gasteiger partial charge in [-0.1, -0.05) is 43.2 Å². The number of hydrogen-bond donors (Lipinski definition) is 0. The average Bonchev–Trinajstić information content (AvgIpc) is 2.41. The third kappa shape index (κ3) is 1.78. The van der Waals surface area contributed by atoms with Gasteiger partial charge < -0.3 is 0 Å². The van der Waals surface area contributed by atoms with Crippen LogP contribution in [-0.2, 0) is 0 Å². The molecule has 0 saturated heterocycles. The molecule has 4 rings (SSSR count). The first-order valence-electron chi connectivity index (χ1n) is 6.60. The zero-order chi connectivity index (χ0) is 12.7. The second kappa shape index (κ2) is 4.14. The first-order chi connectivity index (χ1) is 8.67. The molecule has 0 aromatic heterocycles. The Morgan fingerprint density at radius 2 is 1.61 bits per heavy atom. The summed E-state index contributed by atoms with van der Waals surface area (Å²) in [5.41, 5.74) is 6.58. The van der Waals surface area contributed by atoms with E-state index in [1.807, 2.05) is 6.07 Å². The second-order valence-electron chi connectivity index (χ2n) is 5.54. The highest BCUT2D eigenvalue weighted by atomic mass is 14.3. The monoisotopic (exact) mass is 235 g/mol. The summed E-state index contributed by atoms with van der Waals surface area (Å²) in [6, 6.07) is 8.39. The van der Waals surface area contributed by atoms with Gasteiger partial charge in [-0.05, 0) is 47.9 Å². The number of hydrogen-bond acceptors (Lipinski definition) is 1. The minimum absolute atomic E-state index is 0.416. The van der Waals surface area contributed by atoms with Crippen LogP contribution in [0.1, 0.15) is 55.2 Å². The first-order valence-corrected chi connectivity index (χ1v) is 6.60. The maximum Gasteiger partial charge on any atom is 0.0991 e. The minimum Gasteiger partial charge on any atom is -0.192 e. The van der Waals surface area contributed by atoms with Gasteiger partial charge in [-0.15, -0.1) is 0 Å². The molecule has 1 aromatic carbocycles. The molecule has 3 aliphatic rings. The number of nitriles is 1. The van der Waals surface area contributed by atoms with Crippen molar-refractivity contribution in [2.24, 2.45) is 0 Å². The summed E-state index contributed by atoms with van der Waals surface area (Å²) in [5, 5.41) is 9.06. The van der Waals surface area contributed by atoms with E-state index in [2.05, 4.69) is 44.2 Å². The number of benzene rings is 1. The molecule has 2 atom stereocenters. The lowest BCUT2D eigenvalue weighted by Gasteiger charge is -2.22. The number of nitrogens with zero attached hydrogens (tertiary/aromatic N) is 1. The quantitative estimate of drug-likeness (QED) is 0.610. The van der Waals surface area contributed by atoms with Gasteiger partial charge in [-0.25, -0.2) is 0 Å². The highest BCUT2D eigenvalue weighted by Gasteiger charge is 2.22. The van der Waals surface area contributed by atoms with Crippen LogP contribution in [0.2, 0.25) is 0 Å². The van der Waals surface area contributed by atoms with Crippen molar-refractivity contribution < 1.29 is 0 Å². The molecule has 2 unspecified atom stereocenters. The van der Waals surface area contributed by atoms with Gasteiger partial charge in [0.15, 0.2) is 0 Å². The van der Waals surface area contributed by atoms with Crippen molar-refractivity contribution >= 4 is 0 Å². The largest absolute Gasteiger partial charge is 0.192 e. The van der Waals surface area contributed by atoms with Crippen LogP contribution in [0, 0.1) is 11.3 Å². The van der Waals surface area contributed by atoms with Crippen molar-refractivity contribution in [1.29, 1.82) is 5.26 Å². The molecule has 0 spiro atoms. The summed E-state index contributed by atoms with van der Waals surface area (Å²) < 4.78 is 0. The van der Waals surface area contributed by atoms with Crippen LogP contribution in [0.3, 0.4) is 0 Å². The van der Waals surface area contributed by atoms with Crippen molar-refractivity contribution in [2.45, 2.75) is 38.5 Å². The lowest BCUT2D eigenvalue weighted by Crippen LogP contribution is -2.03. The molecule has 1 aromatic rings. The fraction of sp³-hybridized carbons (Fsp3) is 0.353. The fourth-order valence-corrected chi connectivity index (χ4v) is 3.11. The Labute approximate surface area is 108 Å². The van der Waals surface area contributed by atoms with Gasteiger partial charge in [-0.2, -0.15) is 5.26 Å². The van der Waals surface area contributed by atoms with Crippen molar-refractivity contribution in [1.82, 2.24) is 0 Å². The van der Waals surface area contributed by atoms with E-state index in [1.165, 1.54) is 11.1 Å². The fourth-order valence-electron chi connectivity index (χ4n) is 3.11. The third-order valence-electron chi connectivity index (χ3n) is 4.08. The molecule has 1 saturated carbocycles. The predicted octanol–water partition coefficient (Wildman–Crippen LogP) is 4.43. The molecule has 0 amide bonds. The molecule has 2 bridgehead atoms. The molecule has 3 aliphatic carbocycles. The van der Waals surface area contributed by atoms with Crippen LogP contribution in [0.25, 0.3) is 0 Å². The Hall–Kier alpha value is -1.81. The van der Waals surface area contributed by atoms with Gasteiger partial charge in [0.25, 0.3) is 0 Å². The highest BCUT2D eigenvalue weighted by molar-refractivity contribution is 5.47. The Balaban J connectivity index is 2.16. The summed E-state index contributed by atoms with van der Waals surface area (Å²) in [7, 11) is 0. The number of fused-ring (bicyclic) bond motifs is 2.